The van der Waals surface area contributed by atoms with Gasteiger partial charge in [0, 0.05) is 5.57 Å². The number of rotatable bonds is 2. The van der Waals surface area contributed by atoms with Crippen molar-refractivity contribution in [2.24, 2.45) is 9.98 Å². The number of allylic oxidation sites excluding steroid dienone is 4. The highest BCUT2D eigenvalue weighted by Crippen LogP contribution is 2.24. The van der Waals surface area contributed by atoms with Crippen molar-refractivity contribution in [1.29, 1.82) is 10.5 Å². The summed E-state index contributed by atoms with van der Waals surface area (Å²) in [5.41, 5.74) is 4.63. The number of nitriles is 2. The molecule has 0 bridgehead atoms. The monoisotopic (exact) mass is 272 g/mol. The number of benzene rings is 1. The molecule has 100 valence electrons. The van der Waals surface area contributed by atoms with Gasteiger partial charge in [-0.2, -0.15) is 20.5 Å². The quantitative estimate of drug-likeness (QED) is 0.610. The second-order valence-corrected chi connectivity index (χ2v) is 4.41. The van der Waals surface area contributed by atoms with E-state index in [1.807, 2.05) is 37.4 Å². The summed E-state index contributed by atoms with van der Waals surface area (Å²) >= 11 is 0. The second-order valence-electron chi connectivity index (χ2n) is 4.41. The normalized spacial score (nSPS) is 17.7. The molecular formula is C17H12N4. The van der Waals surface area contributed by atoms with Crippen LogP contribution in [0, 0.1) is 22.9 Å². The molecule has 1 aromatic rings. The van der Waals surface area contributed by atoms with E-state index in [0.29, 0.717) is 11.4 Å². The number of hydrogen-bond acceptors (Lipinski definition) is 4. The van der Waals surface area contributed by atoms with E-state index in [4.69, 9.17) is 10.5 Å². The van der Waals surface area contributed by atoms with Crippen LogP contribution in [0.15, 0.2) is 58.6 Å². The first-order valence-corrected chi connectivity index (χ1v) is 6.26. The molecule has 1 aliphatic rings. The van der Waals surface area contributed by atoms with Crippen LogP contribution in [-0.4, -0.2) is 11.4 Å². The highest BCUT2D eigenvalue weighted by atomic mass is 14.8. The van der Waals surface area contributed by atoms with Gasteiger partial charge in [-0.15, -0.1) is 0 Å². The summed E-state index contributed by atoms with van der Waals surface area (Å²) in [6.07, 6.45) is 8.89. The zero-order valence-electron chi connectivity index (χ0n) is 11.5. The van der Waals surface area contributed by atoms with Gasteiger partial charge >= 0.3 is 0 Å². The van der Waals surface area contributed by atoms with E-state index in [1.165, 1.54) is 0 Å². The Bertz CT molecular complexity index is 776. The molecule has 0 N–H and O–H groups in total. The van der Waals surface area contributed by atoms with E-state index in [-0.39, 0.29) is 0 Å². The lowest BCUT2D eigenvalue weighted by molar-refractivity contribution is 1.41. The molecule has 0 spiro atoms. The summed E-state index contributed by atoms with van der Waals surface area (Å²) in [6, 6.07) is 7.71. The molecule has 0 aliphatic heterocycles. The highest BCUT2D eigenvalue weighted by Gasteiger charge is 2.16. The van der Waals surface area contributed by atoms with E-state index in [1.54, 1.807) is 24.4 Å². The minimum absolute atomic E-state index is 0.568. The zero-order valence-corrected chi connectivity index (χ0v) is 11.5. The third kappa shape index (κ3) is 3.02. The van der Waals surface area contributed by atoms with Crippen LogP contribution in [-0.2, 0) is 0 Å². The van der Waals surface area contributed by atoms with Crippen LogP contribution in [0.3, 0.4) is 0 Å². The molecule has 21 heavy (non-hydrogen) atoms. The van der Waals surface area contributed by atoms with Crippen LogP contribution in [0.5, 0.6) is 0 Å². The molecule has 0 fully saturated rings. The van der Waals surface area contributed by atoms with Gasteiger partial charge in [0.25, 0.3) is 0 Å². The van der Waals surface area contributed by atoms with Crippen LogP contribution < -0.4 is 0 Å². The molecule has 2 rings (SSSR count). The third-order valence-electron chi connectivity index (χ3n) is 3.11. The molecule has 0 saturated carbocycles. The fraction of sp³-hybridized carbons (Fsp3) is 0.0588. The number of hydrogen-bond donors (Lipinski definition) is 0. The number of nitrogens with zero attached hydrogens (tertiary/aromatic N) is 4. The van der Waals surface area contributed by atoms with Crippen molar-refractivity contribution in [3.8, 4) is 12.4 Å². The van der Waals surface area contributed by atoms with Gasteiger partial charge in [-0.3, -0.25) is 0 Å². The molecular weight excluding hydrogens is 260 g/mol. The Morgan fingerprint density at radius 2 is 1.62 bits per heavy atom. The molecule has 0 unspecified atom stereocenters. The van der Waals surface area contributed by atoms with Gasteiger partial charge in [0.05, 0.1) is 11.4 Å². The first-order chi connectivity index (χ1) is 10.2. The van der Waals surface area contributed by atoms with Gasteiger partial charge in [-0.1, -0.05) is 36.9 Å². The maximum absolute atomic E-state index is 8.83. The Morgan fingerprint density at radius 1 is 1.00 bits per heavy atom. The van der Waals surface area contributed by atoms with E-state index in [9.17, 15) is 0 Å². The maximum Gasteiger partial charge on any atom is 0.206 e. The zero-order chi connectivity index (χ0) is 15.2. The maximum atomic E-state index is 8.83. The molecule has 0 aromatic heterocycles. The van der Waals surface area contributed by atoms with Crippen LogP contribution in [0.25, 0.3) is 11.6 Å². The van der Waals surface area contributed by atoms with Gasteiger partial charge in [0.2, 0.25) is 12.4 Å². The Balaban J connectivity index is 2.56. The van der Waals surface area contributed by atoms with E-state index in [2.05, 4.69) is 16.6 Å². The van der Waals surface area contributed by atoms with E-state index >= 15 is 0 Å². The molecule has 0 atom stereocenters. The predicted octanol–water partition coefficient (Wildman–Crippen LogP) is 3.52. The van der Waals surface area contributed by atoms with Crippen LogP contribution >= 0.6 is 0 Å². The van der Waals surface area contributed by atoms with Gasteiger partial charge in [-0.05, 0) is 35.8 Å². The Hall–Kier alpha value is -3.24. The van der Waals surface area contributed by atoms with Crippen molar-refractivity contribution in [2.45, 2.75) is 6.92 Å². The van der Waals surface area contributed by atoms with Crippen molar-refractivity contribution in [2.75, 3.05) is 0 Å². The van der Waals surface area contributed by atoms with Crippen LogP contribution in [0.1, 0.15) is 18.1 Å². The first kappa shape index (κ1) is 14.2. The smallest absolute Gasteiger partial charge is 0.173 e. The fourth-order valence-electron chi connectivity index (χ4n) is 2.03. The van der Waals surface area contributed by atoms with Gasteiger partial charge in [0.1, 0.15) is 0 Å². The molecule has 0 amide bonds. The van der Waals surface area contributed by atoms with Crippen molar-refractivity contribution in [3.63, 3.8) is 0 Å². The fourth-order valence-corrected chi connectivity index (χ4v) is 2.03. The first-order valence-electron chi connectivity index (χ1n) is 6.26. The second kappa shape index (κ2) is 6.27. The topological polar surface area (TPSA) is 72.3 Å². The highest BCUT2D eigenvalue weighted by molar-refractivity contribution is 6.38. The minimum Gasteiger partial charge on any atom is -0.173 e. The molecule has 1 aliphatic carbocycles. The third-order valence-corrected chi connectivity index (χ3v) is 3.11. The lowest BCUT2D eigenvalue weighted by Crippen LogP contribution is -2.11. The largest absolute Gasteiger partial charge is 0.206 e. The van der Waals surface area contributed by atoms with Crippen molar-refractivity contribution in [1.82, 2.24) is 0 Å². The summed E-state index contributed by atoms with van der Waals surface area (Å²) in [7, 11) is 0. The number of aliphatic imine (C=N–C) groups is 2. The molecule has 4 nitrogen and oxygen atoms in total. The summed E-state index contributed by atoms with van der Waals surface area (Å²) < 4.78 is 0. The molecule has 0 heterocycles. The SMILES string of the molecule is C=Cc1ccc(C2=CC(=NC#N)C(C)=CC2=NC#N)cc1. The summed E-state index contributed by atoms with van der Waals surface area (Å²) in [4.78, 5) is 7.64. The summed E-state index contributed by atoms with van der Waals surface area (Å²) in [6.45, 7) is 5.55. The van der Waals surface area contributed by atoms with Gasteiger partial charge in [0.15, 0.2) is 0 Å². The minimum atomic E-state index is 0.568. The molecule has 1 aromatic carbocycles. The molecule has 0 saturated heterocycles. The average Bonchev–Trinajstić information content (AvgIpc) is 2.50. The average molecular weight is 272 g/mol. The molecule has 4 heteroatoms. The predicted molar refractivity (Wildman–Crippen MR) is 84.4 cm³/mol. The van der Waals surface area contributed by atoms with E-state index in [0.717, 1.165) is 22.3 Å². The summed E-state index contributed by atoms with van der Waals surface area (Å²) in [5, 5.41) is 17.6. The van der Waals surface area contributed by atoms with Crippen molar-refractivity contribution in [3.05, 3.63) is 59.7 Å². The standard InChI is InChI=1S/C17H12N4/c1-3-13-4-6-14(7-5-13)15-9-16(20-10-18)12(2)8-17(15)21-11-19/h3-9H,1H2,2H3. The lowest BCUT2D eigenvalue weighted by Gasteiger charge is -2.14. The van der Waals surface area contributed by atoms with Crippen molar-refractivity contribution < 1.29 is 0 Å². The Kier molecular flexibility index (Phi) is 4.23. The lowest BCUT2D eigenvalue weighted by atomic mass is 9.91. The van der Waals surface area contributed by atoms with Gasteiger partial charge in [-0.25, -0.2) is 0 Å². The molecule has 0 radical (unpaired) electrons. The van der Waals surface area contributed by atoms with Crippen LogP contribution in [0.2, 0.25) is 0 Å². The van der Waals surface area contributed by atoms with E-state index < -0.39 is 0 Å². The Morgan fingerprint density at radius 3 is 2.19 bits per heavy atom. The van der Waals surface area contributed by atoms with Crippen LogP contribution in [0.4, 0.5) is 0 Å². The van der Waals surface area contributed by atoms with Crippen molar-refractivity contribution >= 4 is 23.1 Å². The Labute approximate surface area is 123 Å². The van der Waals surface area contributed by atoms with Gasteiger partial charge < -0.3 is 0 Å². The summed E-state index contributed by atoms with van der Waals surface area (Å²) in [5.74, 6) is 0.